The second-order valence-electron chi connectivity index (χ2n) is 13.9. The summed E-state index contributed by atoms with van der Waals surface area (Å²) in [6.07, 6.45) is 2.15. The fraction of sp³-hybridized carbons (Fsp3) is 0.244. The van der Waals surface area contributed by atoms with E-state index in [2.05, 4.69) is 5.43 Å². The number of rotatable bonds is 7. The Balaban J connectivity index is 1.31. The quantitative estimate of drug-likeness (QED) is 0.166. The molecule has 11 heteroatoms. The molecule has 2 aliphatic carbocycles. The number of carbonyl (C=O) groups excluding carboxylic acids is 4. The van der Waals surface area contributed by atoms with Gasteiger partial charge in [0.05, 0.1) is 47.2 Å². The minimum Gasteiger partial charge on any atom is -0.508 e. The highest BCUT2D eigenvalue weighted by Gasteiger charge is 2.70. The number of aromatic carboxylic acids is 1. The van der Waals surface area contributed by atoms with Crippen molar-refractivity contribution < 1.29 is 38.9 Å². The molecule has 0 bridgehead atoms. The van der Waals surface area contributed by atoms with Crippen molar-refractivity contribution in [1.29, 1.82) is 0 Å². The Morgan fingerprint density at radius 1 is 0.865 bits per heavy atom. The summed E-state index contributed by atoms with van der Waals surface area (Å²) >= 11 is 0. The van der Waals surface area contributed by atoms with Crippen LogP contribution in [0.4, 0.5) is 11.4 Å². The van der Waals surface area contributed by atoms with Crippen LogP contribution in [0.2, 0.25) is 0 Å². The molecule has 2 aliphatic heterocycles. The maximum Gasteiger partial charge on any atom is 0.335 e. The number of ether oxygens (including phenoxy) is 1. The summed E-state index contributed by atoms with van der Waals surface area (Å²) in [5, 5.41) is 22.3. The number of carbonyl (C=O) groups is 5. The van der Waals surface area contributed by atoms with E-state index in [0.717, 1.165) is 15.5 Å². The molecule has 262 valence electrons. The molecular formula is C41H35N3O8. The number of phenolic OH excluding ortho intramolecular Hbond substituents is 1. The summed E-state index contributed by atoms with van der Waals surface area (Å²) in [4.78, 5) is 71.4. The molecule has 3 N–H and O–H groups in total. The number of nitrogens with one attached hydrogen (secondary N) is 1. The van der Waals surface area contributed by atoms with Crippen LogP contribution in [0.3, 0.4) is 0 Å². The maximum absolute atomic E-state index is 15.2. The number of aryl methyl sites for hydroxylation is 1. The molecular weight excluding hydrogens is 662 g/mol. The fourth-order valence-corrected chi connectivity index (χ4v) is 9.02. The molecule has 4 amide bonds. The van der Waals surface area contributed by atoms with Gasteiger partial charge >= 0.3 is 5.97 Å². The number of carboxylic acids is 1. The van der Waals surface area contributed by atoms with E-state index in [1.807, 2.05) is 43.3 Å². The van der Waals surface area contributed by atoms with Crippen LogP contribution < -0.4 is 15.1 Å². The summed E-state index contributed by atoms with van der Waals surface area (Å²) < 4.78 is 5.39. The Hall–Kier alpha value is -6.23. The van der Waals surface area contributed by atoms with Gasteiger partial charge in [0, 0.05) is 17.5 Å². The van der Waals surface area contributed by atoms with Gasteiger partial charge < -0.3 is 14.9 Å². The lowest BCUT2D eigenvalue weighted by Crippen LogP contribution is -2.53. The minimum atomic E-state index is -1.54. The molecule has 1 saturated carbocycles. The Bertz CT molecular complexity index is 2200. The molecule has 8 rings (SSSR count). The Morgan fingerprint density at radius 2 is 1.62 bits per heavy atom. The molecule has 2 saturated heterocycles. The number of fused-ring (bicyclic) bond motifs is 4. The van der Waals surface area contributed by atoms with Crippen molar-refractivity contribution in [2.75, 3.05) is 17.4 Å². The predicted molar refractivity (Wildman–Crippen MR) is 189 cm³/mol. The van der Waals surface area contributed by atoms with Crippen molar-refractivity contribution in [2.45, 2.75) is 31.1 Å². The number of hydrazine groups is 1. The van der Waals surface area contributed by atoms with Crippen LogP contribution in [0.1, 0.15) is 45.8 Å². The van der Waals surface area contributed by atoms with Crippen LogP contribution >= 0.6 is 0 Å². The molecule has 4 aromatic carbocycles. The molecule has 6 atom stereocenters. The summed E-state index contributed by atoms with van der Waals surface area (Å²) in [7, 11) is 1.48. The highest BCUT2D eigenvalue weighted by molar-refractivity contribution is 6.23. The van der Waals surface area contributed by atoms with Gasteiger partial charge in [-0.2, -0.15) is 5.01 Å². The lowest BCUT2D eigenvalue weighted by molar-refractivity contribution is -0.138. The molecule has 6 unspecified atom stereocenters. The number of methoxy groups -OCH3 is 1. The third kappa shape index (κ3) is 4.75. The van der Waals surface area contributed by atoms with Gasteiger partial charge in [-0.15, -0.1) is 0 Å². The lowest BCUT2D eigenvalue weighted by atomic mass is 9.49. The minimum absolute atomic E-state index is 0.0663. The van der Waals surface area contributed by atoms with Crippen molar-refractivity contribution >= 4 is 41.0 Å². The molecule has 52 heavy (non-hydrogen) atoms. The van der Waals surface area contributed by atoms with Crippen LogP contribution in [0.5, 0.6) is 11.5 Å². The number of hydrogen-bond acceptors (Lipinski definition) is 8. The molecule has 11 nitrogen and oxygen atoms in total. The predicted octanol–water partition coefficient (Wildman–Crippen LogP) is 5.60. The summed E-state index contributed by atoms with van der Waals surface area (Å²) in [5.41, 5.74) is 4.79. The van der Waals surface area contributed by atoms with Crippen molar-refractivity contribution in [3.63, 3.8) is 0 Å². The molecule has 3 fully saturated rings. The normalized spacial score (nSPS) is 26.4. The first-order valence-corrected chi connectivity index (χ1v) is 17.1. The zero-order valence-corrected chi connectivity index (χ0v) is 28.4. The van der Waals surface area contributed by atoms with Crippen LogP contribution in [-0.2, 0) is 24.6 Å². The SMILES string of the molecule is COc1ccc(C2C3=CCC4C(=O)N(c5cccc(C(=O)O)c5)C(=O)C4C3CC3C(=O)N(Nc4ccc(C)cc4)C(=O)C32c2ccccc2)c(O)c1. The number of phenols is 1. The van der Waals surface area contributed by atoms with E-state index >= 15 is 4.79 Å². The van der Waals surface area contributed by atoms with Crippen LogP contribution in [0.25, 0.3) is 0 Å². The lowest BCUT2D eigenvalue weighted by Gasteiger charge is -2.50. The van der Waals surface area contributed by atoms with Crippen LogP contribution in [0, 0.1) is 30.6 Å². The van der Waals surface area contributed by atoms with Gasteiger partial charge in [-0.05, 0) is 67.6 Å². The van der Waals surface area contributed by atoms with Gasteiger partial charge in [0.15, 0.2) is 0 Å². The van der Waals surface area contributed by atoms with E-state index < -0.39 is 64.6 Å². The summed E-state index contributed by atoms with van der Waals surface area (Å²) in [6, 6.07) is 26.9. The van der Waals surface area contributed by atoms with E-state index in [9.17, 15) is 29.4 Å². The third-order valence-corrected chi connectivity index (χ3v) is 11.3. The Labute approximate surface area is 299 Å². The van der Waals surface area contributed by atoms with Crippen molar-refractivity contribution in [1.82, 2.24) is 5.01 Å². The van der Waals surface area contributed by atoms with E-state index in [1.54, 1.807) is 36.4 Å². The second kappa shape index (κ2) is 12.2. The van der Waals surface area contributed by atoms with Gasteiger partial charge in [-0.25, -0.2) is 4.79 Å². The van der Waals surface area contributed by atoms with Gasteiger partial charge in [0.25, 0.3) is 11.8 Å². The summed E-state index contributed by atoms with van der Waals surface area (Å²) in [6.45, 7) is 1.93. The number of amides is 4. The van der Waals surface area contributed by atoms with E-state index in [1.165, 1.54) is 37.4 Å². The number of hydrogen-bond donors (Lipinski definition) is 3. The number of anilines is 2. The number of aromatic hydroxyl groups is 1. The largest absolute Gasteiger partial charge is 0.508 e. The van der Waals surface area contributed by atoms with Crippen LogP contribution in [-0.4, -0.2) is 51.9 Å². The third-order valence-electron chi connectivity index (χ3n) is 11.3. The van der Waals surface area contributed by atoms with Crippen molar-refractivity contribution in [3.05, 3.63) is 131 Å². The molecule has 4 aliphatic rings. The van der Waals surface area contributed by atoms with Gasteiger partial charge in [-0.1, -0.05) is 71.8 Å². The van der Waals surface area contributed by atoms with Gasteiger partial charge in [-0.3, -0.25) is 29.5 Å². The number of carboxylic acid groups (broad SMARTS) is 1. The Morgan fingerprint density at radius 3 is 2.31 bits per heavy atom. The maximum atomic E-state index is 15.2. The monoisotopic (exact) mass is 697 g/mol. The number of nitrogens with zero attached hydrogens (tertiary/aromatic N) is 2. The summed E-state index contributed by atoms with van der Waals surface area (Å²) in [5.74, 6) is -7.12. The zero-order chi connectivity index (χ0) is 36.5. The number of benzene rings is 4. The number of allylic oxidation sites excluding steroid dienone is 2. The zero-order valence-electron chi connectivity index (χ0n) is 28.4. The highest BCUT2D eigenvalue weighted by Crippen LogP contribution is 2.65. The molecule has 0 spiro atoms. The fourth-order valence-electron chi connectivity index (χ4n) is 9.02. The van der Waals surface area contributed by atoms with Gasteiger partial charge in [0.1, 0.15) is 11.5 Å². The average molecular weight is 698 g/mol. The topological polar surface area (TPSA) is 154 Å². The first-order valence-electron chi connectivity index (χ1n) is 17.1. The average Bonchev–Trinajstić information content (AvgIpc) is 3.53. The molecule has 0 aromatic heterocycles. The van der Waals surface area contributed by atoms with Crippen LogP contribution in [0.15, 0.2) is 109 Å². The van der Waals surface area contributed by atoms with Gasteiger partial charge in [0.2, 0.25) is 11.8 Å². The second-order valence-corrected chi connectivity index (χ2v) is 13.9. The molecule has 0 radical (unpaired) electrons. The first-order chi connectivity index (χ1) is 25.1. The van der Waals surface area contributed by atoms with Crippen molar-refractivity contribution in [2.24, 2.45) is 23.7 Å². The van der Waals surface area contributed by atoms with Crippen molar-refractivity contribution in [3.8, 4) is 11.5 Å². The smallest absolute Gasteiger partial charge is 0.335 e. The van der Waals surface area contributed by atoms with E-state index in [4.69, 9.17) is 4.74 Å². The van der Waals surface area contributed by atoms with E-state index in [0.29, 0.717) is 28.1 Å². The Kier molecular flexibility index (Phi) is 7.74. The molecule has 4 aromatic rings. The van der Waals surface area contributed by atoms with E-state index in [-0.39, 0.29) is 29.8 Å². The molecule has 2 heterocycles. The number of imide groups is 2. The first kappa shape index (κ1) is 32.9. The standard InChI is InChI=1S/C41H35N3O8/c1-22-11-13-25(14-12-22)42-44-37(47)32-21-31-28(17-18-30-34(31)38(48)43(36(30)46)26-10-6-7-23(19-26)39(49)50)35(29-16-15-27(52-2)20-33(29)45)41(32,40(44)51)24-8-4-3-5-9-24/h3-17,19-20,30-32,34-35,42,45H,18,21H2,1-2H3,(H,49,50). The highest BCUT2D eigenvalue weighted by atomic mass is 16.5.